The number of unbranched alkanes of at least 4 members (excludes halogenated alkanes) is 1. The number of rotatable bonds is 9. The van der Waals surface area contributed by atoms with Gasteiger partial charge in [-0.05, 0) is 41.0 Å². The van der Waals surface area contributed by atoms with E-state index in [9.17, 15) is 5.11 Å². The second kappa shape index (κ2) is 9.63. The molecule has 0 aliphatic rings. The van der Waals surface area contributed by atoms with Crippen LogP contribution in [-0.2, 0) is 19.6 Å². The highest BCUT2D eigenvalue weighted by Gasteiger charge is 2.16. The first kappa shape index (κ1) is 20.9. The molecule has 31 heavy (non-hydrogen) atoms. The molecule has 0 saturated carbocycles. The van der Waals surface area contributed by atoms with E-state index >= 15 is 0 Å². The molecule has 8 nitrogen and oxygen atoms in total. The molecule has 0 aliphatic carbocycles. The second-order valence-corrected chi connectivity index (χ2v) is 7.44. The molecule has 0 saturated heterocycles. The van der Waals surface area contributed by atoms with E-state index in [1.807, 2.05) is 28.8 Å². The van der Waals surface area contributed by atoms with Crippen LogP contribution >= 0.6 is 11.6 Å². The Kier molecular flexibility index (Phi) is 6.49. The maximum atomic E-state index is 9.78. The van der Waals surface area contributed by atoms with E-state index in [0.29, 0.717) is 36.1 Å². The summed E-state index contributed by atoms with van der Waals surface area (Å²) in [6.07, 6.45) is 3.60. The number of aromatic nitrogens is 6. The van der Waals surface area contributed by atoms with Crippen molar-refractivity contribution >= 4 is 17.8 Å². The predicted molar refractivity (Wildman–Crippen MR) is 119 cm³/mol. The van der Waals surface area contributed by atoms with E-state index in [-0.39, 0.29) is 6.61 Å². The van der Waals surface area contributed by atoms with Gasteiger partial charge in [0.05, 0.1) is 12.3 Å². The van der Waals surface area contributed by atoms with Crippen LogP contribution in [0.3, 0.4) is 0 Å². The minimum atomic E-state index is -0.174. The summed E-state index contributed by atoms with van der Waals surface area (Å²) in [6, 6.07) is 16.1. The predicted octanol–water partition coefficient (Wildman–Crippen LogP) is 3.90. The topological polar surface area (TPSA) is 116 Å². The van der Waals surface area contributed by atoms with Gasteiger partial charge >= 0.3 is 0 Å². The Bertz CT molecular complexity index is 1150. The molecule has 0 aliphatic heterocycles. The summed E-state index contributed by atoms with van der Waals surface area (Å²) in [4.78, 5) is 4.43. The molecule has 9 heteroatoms. The summed E-state index contributed by atoms with van der Waals surface area (Å²) in [5.41, 5.74) is 4.64. The maximum Gasteiger partial charge on any atom is 0.205 e. The fourth-order valence-corrected chi connectivity index (χ4v) is 3.83. The zero-order valence-electron chi connectivity index (χ0n) is 16.8. The van der Waals surface area contributed by atoms with Gasteiger partial charge in [-0.1, -0.05) is 60.1 Å². The number of halogens is 1. The van der Waals surface area contributed by atoms with Crippen LogP contribution in [0.25, 0.3) is 22.5 Å². The van der Waals surface area contributed by atoms with Crippen molar-refractivity contribution in [2.75, 3.05) is 0 Å². The van der Waals surface area contributed by atoms with Crippen molar-refractivity contribution in [1.82, 2.24) is 30.2 Å². The van der Waals surface area contributed by atoms with Gasteiger partial charge in [0.1, 0.15) is 5.82 Å². The highest BCUT2D eigenvalue weighted by atomic mass is 35.5. The Morgan fingerprint density at radius 3 is 2.55 bits per heavy atom. The first-order valence-corrected chi connectivity index (χ1v) is 10.3. The number of aryl methyl sites for hydroxylation is 1. The van der Waals surface area contributed by atoms with E-state index in [2.05, 4.69) is 49.9 Å². The average Bonchev–Trinajstić information content (AvgIpc) is 3.43. The van der Waals surface area contributed by atoms with Gasteiger partial charge in [-0.15, -0.1) is 10.2 Å². The van der Waals surface area contributed by atoms with Crippen LogP contribution in [0.15, 0.2) is 48.5 Å². The monoisotopic (exact) mass is 435 g/mol. The molecular weight excluding hydrogens is 414 g/mol. The number of H-pyrrole nitrogens is 1. The molecule has 0 fully saturated rings. The first-order chi connectivity index (χ1) is 15.2. The summed E-state index contributed by atoms with van der Waals surface area (Å²) >= 11 is 6.24. The Balaban J connectivity index is 1.60. The SMILES string of the molecule is N=CCCCc1nc(Cl)c(CO)n1Cc1ccc(-c2ccccc2-c2nn[nH]n2)cc1. The average molecular weight is 436 g/mol. The lowest BCUT2D eigenvalue weighted by Crippen LogP contribution is -2.09. The van der Waals surface area contributed by atoms with Crippen LogP contribution in [0.5, 0.6) is 0 Å². The molecule has 0 radical (unpaired) electrons. The van der Waals surface area contributed by atoms with E-state index in [1.54, 1.807) is 0 Å². The van der Waals surface area contributed by atoms with Crippen molar-refractivity contribution in [3.63, 3.8) is 0 Å². The fraction of sp³-hybridized carbons (Fsp3) is 0.227. The molecule has 4 aromatic rings. The van der Waals surface area contributed by atoms with Gasteiger partial charge in [-0.2, -0.15) is 5.21 Å². The van der Waals surface area contributed by atoms with Crippen LogP contribution in [0.1, 0.15) is 29.9 Å². The third kappa shape index (κ3) is 4.55. The van der Waals surface area contributed by atoms with E-state index in [1.165, 1.54) is 6.21 Å². The number of aliphatic hydroxyl groups excluding tert-OH is 1. The number of aromatic amines is 1. The zero-order chi connectivity index (χ0) is 21.6. The molecule has 2 heterocycles. The van der Waals surface area contributed by atoms with E-state index < -0.39 is 0 Å². The molecule has 3 N–H and O–H groups in total. The normalized spacial score (nSPS) is 11.0. The van der Waals surface area contributed by atoms with Crippen LogP contribution in [0.2, 0.25) is 5.15 Å². The van der Waals surface area contributed by atoms with E-state index in [0.717, 1.165) is 34.5 Å². The molecule has 4 rings (SSSR count). The number of hydrogen-bond donors (Lipinski definition) is 3. The number of hydrogen-bond acceptors (Lipinski definition) is 6. The van der Waals surface area contributed by atoms with Gasteiger partial charge in [-0.25, -0.2) is 4.98 Å². The lowest BCUT2D eigenvalue weighted by atomic mass is 9.98. The Morgan fingerprint density at radius 2 is 1.87 bits per heavy atom. The highest BCUT2D eigenvalue weighted by molar-refractivity contribution is 6.30. The smallest absolute Gasteiger partial charge is 0.205 e. The van der Waals surface area contributed by atoms with Gasteiger partial charge in [0, 0.05) is 18.5 Å². The third-order valence-electron chi connectivity index (χ3n) is 5.12. The summed E-state index contributed by atoms with van der Waals surface area (Å²) in [6.45, 7) is 0.384. The summed E-state index contributed by atoms with van der Waals surface area (Å²) in [5, 5.41) is 31.7. The van der Waals surface area contributed by atoms with E-state index in [4.69, 9.17) is 17.0 Å². The van der Waals surface area contributed by atoms with Gasteiger partial charge in [0.15, 0.2) is 5.15 Å². The van der Waals surface area contributed by atoms with Crippen molar-refractivity contribution in [3.05, 3.63) is 70.8 Å². The standard InChI is InChI=1S/C22H22ClN7O/c23-21-19(14-31)30(20(25-21)7-3-4-12-24)13-15-8-10-16(11-9-15)17-5-1-2-6-18(17)22-26-28-29-27-22/h1-2,5-6,8-12,24,31H,3-4,7,13-14H2,(H,26,27,28,29). The summed E-state index contributed by atoms with van der Waals surface area (Å²) in [5.74, 6) is 1.37. The van der Waals surface area contributed by atoms with Crippen LogP contribution in [0.4, 0.5) is 0 Å². The summed E-state index contributed by atoms with van der Waals surface area (Å²) < 4.78 is 1.97. The van der Waals surface area contributed by atoms with Crippen molar-refractivity contribution < 1.29 is 5.11 Å². The Morgan fingerprint density at radius 1 is 1.10 bits per heavy atom. The number of nitrogens with one attached hydrogen (secondary N) is 2. The highest BCUT2D eigenvalue weighted by Crippen LogP contribution is 2.30. The van der Waals surface area contributed by atoms with Crippen LogP contribution in [-0.4, -0.2) is 41.5 Å². The first-order valence-electron chi connectivity index (χ1n) is 9.97. The molecule has 0 amide bonds. The number of aliphatic hydroxyl groups is 1. The zero-order valence-corrected chi connectivity index (χ0v) is 17.5. The quantitative estimate of drug-likeness (QED) is 0.272. The van der Waals surface area contributed by atoms with Gasteiger partial charge in [0.2, 0.25) is 5.82 Å². The number of benzene rings is 2. The fourth-order valence-electron chi connectivity index (χ4n) is 3.57. The lowest BCUT2D eigenvalue weighted by molar-refractivity contribution is 0.271. The van der Waals surface area contributed by atoms with Crippen molar-refractivity contribution in [3.8, 4) is 22.5 Å². The number of imidazole rings is 1. The number of nitrogens with zero attached hydrogens (tertiary/aromatic N) is 5. The van der Waals surface area contributed by atoms with Crippen molar-refractivity contribution in [1.29, 1.82) is 5.41 Å². The molecule has 0 unspecified atom stereocenters. The molecule has 158 valence electrons. The third-order valence-corrected chi connectivity index (χ3v) is 5.42. The Hall–Kier alpha value is -3.36. The molecule has 2 aromatic carbocycles. The minimum Gasteiger partial charge on any atom is -0.390 e. The molecule has 2 aromatic heterocycles. The molecule has 0 bridgehead atoms. The van der Waals surface area contributed by atoms with Crippen LogP contribution in [0, 0.1) is 5.41 Å². The van der Waals surface area contributed by atoms with Crippen molar-refractivity contribution in [2.24, 2.45) is 0 Å². The Labute approximate surface area is 184 Å². The van der Waals surface area contributed by atoms with Gasteiger partial charge < -0.3 is 15.1 Å². The van der Waals surface area contributed by atoms with Crippen LogP contribution < -0.4 is 0 Å². The largest absolute Gasteiger partial charge is 0.390 e. The summed E-state index contributed by atoms with van der Waals surface area (Å²) in [7, 11) is 0. The maximum absolute atomic E-state index is 9.78. The van der Waals surface area contributed by atoms with Crippen molar-refractivity contribution in [2.45, 2.75) is 32.4 Å². The molecule has 0 spiro atoms. The number of tetrazole rings is 1. The van der Waals surface area contributed by atoms with Gasteiger partial charge in [-0.3, -0.25) is 0 Å². The molecular formula is C22H22ClN7O. The van der Waals surface area contributed by atoms with Gasteiger partial charge in [0.25, 0.3) is 0 Å². The second-order valence-electron chi connectivity index (χ2n) is 7.08. The molecule has 0 atom stereocenters. The lowest BCUT2D eigenvalue weighted by Gasteiger charge is -2.12. The minimum absolute atomic E-state index is 0.174.